The van der Waals surface area contributed by atoms with Crippen LogP contribution in [0.15, 0.2) is 0 Å². The lowest BCUT2D eigenvalue weighted by molar-refractivity contribution is 0.590. The highest BCUT2D eigenvalue weighted by Crippen LogP contribution is 1.98. The number of hydrogen-bond acceptors (Lipinski definition) is 2. The number of hydrogen-bond donors (Lipinski definition) is 0. The van der Waals surface area contributed by atoms with E-state index in [2.05, 4.69) is 0 Å². The summed E-state index contributed by atoms with van der Waals surface area (Å²) in [7, 11) is 0. The van der Waals surface area contributed by atoms with Crippen LogP contribution in [-0.2, 0) is 11.2 Å². The first-order valence-electron chi connectivity index (χ1n) is 2.42. The van der Waals surface area contributed by atoms with Gasteiger partial charge in [0.2, 0.25) is 0 Å². The minimum absolute atomic E-state index is 0.120. The molecule has 0 aromatic rings. The van der Waals surface area contributed by atoms with E-state index in [9.17, 15) is 4.55 Å². The summed E-state index contributed by atoms with van der Waals surface area (Å²) in [5, 5.41) is 8.16. The van der Waals surface area contributed by atoms with E-state index in [4.69, 9.17) is 5.26 Å². The maximum Gasteiger partial charge on any atom is 0.191 e. The fraction of sp³-hybridized carbons (Fsp3) is 0.800. The van der Waals surface area contributed by atoms with Crippen LogP contribution < -0.4 is 0 Å². The molecule has 1 atom stereocenters. The summed E-state index contributed by atoms with van der Waals surface area (Å²) >= 11 is -0.933. The summed E-state index contributed by atoms with van der Waals surface area (Å²) in [6, 6.07) is 1.85. The van der Waals surface area contributed by atoms with Gasteiger partial charge >= 0.3 is 0 Å². The second-order valence-corrected chi connectivity index (χ2v) is 3.72. The van der Waals surface area contributed by atoms with Crippen LogP contribution >= 0.6 is 0 Å². The average Bonchev–Trinajstić information content (AvgIpc) is 1.67. The predicted molar refractivity (Wildman–Crippen MR) is 33.8 cm³/mol. The molecule has 0 rings (SSSR count). The zero-order valence-electron chi connectivity index (χ0n) is 5.05. The van der Waals surface area contributed by atoms with Gasteiger partial charge in [0.1, 0.15) is 11.3 Å². The van der Waals surface area contributed by atoms with Crippen molar-refractivity contribution in [2.24, 2.45) is 0 Å². The fourth-order valence-electron chi connectivity index (χ4n) is 0.230. The van der Waals surface area contributed by atoms with Gasteiger partial charge in [-0.25, -0.2) is 0 Å². The van der Waals surface area contributed by atoms with Gasteiger partial charge in [0.15, 0.2) is 5.75 Å². The van der Waals surface area contributed by atoms with Crippen LogP contribution in [0.3, 0.4) is 0 Å². The van der Waals surface area contributed by atoms with E-state index in [0.717, 1.165) is 0 Å². The Kier molecular flexibility index (Phi) is 3.67. The van der Waals surface area contributed by atoms with E-state index in [1.54, 1.807) is 0 Å². The van der Waals surface area contributed by atoms with Crippen LogP contribution in [0.25, 0.3) is 0 Å². The lowest BCUT2D eigenvalue weighted by Gasteiger charge is -2.09. The molecule has 0 aliphatic carbocycles. The molecular formula is C5H9NOS. The van der Waals surface area contributed by atoms with Gasteiger partial charge < -0.3 is 4.55 Å². The summed E-state index contributed by atoms with van der Waals surface area (Å²) in [6.07, 6.45) is 0. The highest BCUT2D eigenvalue weighted by atomic mass is 32.2. The molecule has 0 heterocycles. The molecule has 8 heavy (non-hydrogen) atoms. The minimum atomic E-state index is -0.933. The van der Waals surface area contributed by atoms with Gasteiger partial charge in [-0.1, -0.05) is 0 Å². The summed E-state index contributed by atoms with van der Waals surface area (Å²) in [6.45, 7) is 3.68. The molecule has 0 spiro atoms. The van der Waals surface area contributed by atoms with Gasteiger partial charge in [-0.15, -0.1) is 0 Å². The van der Waals surface area contributed by atoms with Gasteiger partial charge in [-0.3, -0.25) is 0 Å². The van der Waals surface area contributed by atoms with Crippen LogP contribution in [0.4, 0.5) is 0 Å². The van der Waals surface area contributed by atoms with Crippen molar-refractivity contribution in [2.75, 3.05) is 5.75 Å². The van der Waals surface area contributed by atoms with Gasteiger partial charge in [0.05, 0.1) is 0 Å². The van der Waals surface area contributed by atoms with Crippen LogP contribution in [0.2, 0.25) is 0 Å². The highest BCUT2D eigenvalue weighted by molar-refractivity contribution is 7.92. The average molecular weight is 131 g/mol. The third kappa shape index (κ3) is 2.89. The Morgan fingerprint density at radius 3 is 2.38 bits per heavy atom. The first-order valence-corrected chi connectivity index (χ1v) is 3.80. The molecule has 0 bridgehead atoms. The molecule has 1 unspecified atom stereocenters. The standard InChI is InChI=1S/C5H9NOS/c1-5(2)8(7)4-3-6/h5H,4H2,1-2H3. The highest BCUT2D eigenvalue weighted by Gasteiger charge is 2.08. The van der Waals surface area contributed by atoms with Crippen LogP contribution in [0.5, 0.6) is 0 Å². The van der Waals surface area contributed by atoms with Crippen molar-refractivity contribution < 1.29 is 4.55 Å². The van der Waals surface area contributed by atoms with Crippen LogP contribution in [0, 0.1) is 11.3 Å². The SMILES string of the molecule is CC(C)[S+]([O-])CC#N. The monoisotopic (exact) mass is 131 g/mol. The summed E-state index contributed by atoms with van der Waals surface area (Å²) in [4.78, 5) is 0. The molecule has 0 radical (unpaired) electrons. The fourth-order valence-corrected chi connectivity index (χ4v) is 0.691. The molecule has 46 valence electrons. The molecule has 0 aromatic heterocycles. The molecule has 0 saturated carbocycles. The Balaban J connectivity index is 3.35. The van der Waals surface area contributed by atoms with Gasteiger partial charge in [0.25, 0.3) is 0 Å². The van der Waals surface area contributed by atoms with Crippen molar-refractivity contribution >= 4 is 11.2 Å². The molecule has 0 saturated heterocycles. The molecule has 0 fully saturated rings. The molecule has 0 aliphatic rings. The van der Waals surface area contributed by atoms with Crippen molar-refractivity contribution in [1.82, 2.24) is 0 Å². The Bertz CT molecular complexity index is 97.1. The Morgan fingerprint density at radius 2 is 2.25 bits per heavy atom. The molecule has 0 amide bonds. The van der Waals surface area contributed by atoms with Crippen LogP contribution in [0.1, 0.15) is 13.8 Å². The van der Waals surface area contributed by atoms with E-state index < -0.39 is 11.2 Å². The quantitative estimate of drug-likeness (QED) is 0.517. The molecule has 0 N–H and O–H groups in total. The summed E-state index contributed by atoms with van der Waals surface area (Å²) in [5.41, 5.74) is 0. The van der Waals surface area contributed by atoms with E-state index in [0.29, 0.717) is 0 Å². The molecular weight excluding hydrogens is 122 g/mol. The smallest absolute Gasteiger partial charge is 0.191 e. The molecule has 2 nitrogen and oxygen atoms in total. The summed E-state index contributed by atoms with van der Waals surface area (Å²) < 4.78 is 10.6. The Labute approximate surface area is 52.7 Å². The normalized spacial score (nSPS) is 13.4. The maximum absolute atomic E-state index is 10.6. The lowest BCUT2D eigenvalue weighted by Crippen LogP contribution is -2.16. The van der Waals surface area contributed by atoms with Gasteiger partial charge in [-0.2, -0.15) is 5.26 Å². The third-order valence-electron chi connectivity index (χ3n) is 0.733. The first-order chi connectivity index (χ1) is 3.68. The number of nitriles is 1. The zero-order valence-corrected chi connectivity index (χ0v) is 5.86. The minimum Gasteiger partial charge on any atom is -0.615 e. The van der Waals surface area contributed by atoms with Crippen molar-refractivity contribution in [1.29, 1.82) is 5.26 Å². The zero-order chi connectivity index (χ0) is 6.57. The molecule has 0 aromatic carbocycles. The molecule has 0 aliphatic heterocycles. The van der Waals surface area contributed by atoms with Crippen LogP contribution in [-0.4, -0.2) is 15.6 Å². The number of nitrogens with zero attached hydrogens (tertiary/aromatic N) is 1. The topological polar surface area (TPSA) is 46.8 Å². The Morgan fingerprint density at radius 1 is 1.75 bits per heavy atom. The van der Waals surface area contributed by atoms with Crippen molar-refractivity contribution in [3.05, 3.63) is 0 Å². The summed E-state index contributed by atoms with van der Waals surface area (Å²) in [5.74, 6) is 0.164. The van der Waals surface area contributed by atoms with E-state index in [1.165, 1.54) is 0 Å². The Hall–Kier alpha value is -0.200. The maximum atomic E-state index is 10.6. The largest absolute Gasteiger partial charge is 0.615 e. The van der Waals surface area contributed by atoms with E-state index in [-0.39, 0.29) is 11.0 Å². The second kappa shape index (κ2) is 3.76. The first kappa shape index (κ1) is 7.80. The second-order valence-electron chi connectivity index (χ2n) is 1.73. The molecule has 3 heteroatoms. The third-order valence-corrected chi connectivity index (χ3v) is 2.20. The van der Waals surface area contributed by atoms with Gasteiger partial charge in [0, 0.05) is 0 Å². The van der Waals surface area contributed by atoms with E-state index >= 15 is 0 Å². The van der Waals surface area contributed by atoms with Crippen molar-refractivity contribution in [3.63, 3.8) is 0 Å². The van der Waals surface area contributed by atoms with Gasteiger partial charge in [-0.05, 0) is 25.0 Å². The van der Waals surface area contributed by atoms with Crippen molar-refractivity contribution in [3.8, 4) is 6.07 Å². The van der Waals surface area contributed by atoms with Crippen molar-refractivity contribution in [2.45, 2.75) is 19.1 Å². The lowest BCUT2D eigenvalue weighted by atomic mass is 10.6. The number of rotatable bonds is 2. The predicted octanol–water partition coefficient (Wildman–Crippen LogP) is 0.667. The van der Waals surface area contributed by atoms with E-state index in [1.807, 2.05) is 19.9 Å².